The Balaban J connectivity index is 2.85. The summed E-state index contributed by atoms with van der Waals surface area (Å²) in [5.74, 6) is 0.655. The van der Waals surface area contributed by atoms with Gasteiger partial charge in [-0.1, -0.05) is 13.8 Å². The first-order valence-electron chi connectivity index (χ1n) is 6.08. The molecule has 0 spiro atoms. The molecule has 0 amide bonds. The molecule has 0 aliphatic carbocycles. The minimum absolute atomic E-state index is 0.100. The first-order valence-corrected chi connectivity index (χ1v) is 6.08. The second kappa shape index (κ2) is 6.96. The van der Waals surface area contributed by atoms with Crippen LogP contribution in [0, 0.1) is 5.92 Å². The van der Waals surface area contributed by atoms with Crippen LogP contribution < -0.4 is 11.1 Å². The highest BCUT2D eigenvalue weighted by Gasteiger charge is 2.16. The van der Waals surface area contributed by atoms with Crippen LogP contribution in [0.5, 0.6) is 0 Å². The normalized spacial score (nSPS) is 12.3. The summed E-state index contributed by atoms with van der Waals surface area (Å²) >= 11 is 0. The fourth-order valence-electron chi connectivity index (χ4n) is 1.77. The number of methoxy groups -OCH3 is 1. The minimum Gasteiger partial charge on any atom is -0.465 e. The molecule has 5 heteroatoms. The van der Waals surface area contributed by atoms with Gasteiger partial charge in [0.05, 0.1) is 7.11 Å². The lowest BCUT2D eigenvalue weighted by Crippen LogP contribution is -2.31. The summed E-state index contributed by atoms with van der Waals surface area (Å²) < 4.78 is 4.72. The lowest BCUT2D eigenvalue weighted by molar-refractivity contribution is 0.0601. The number of nitrogens with one attached hydrogen (secondary N) is 1. The van der Waals surface area contributed by atoms with Crippen LogP contribution in [0.3, 0.4) is 0 Å². The average Bonchev–Trinajstić information content (AvgIpc) is 2.37. The van der Waals surface area contributed by atoms with Crippen molar-refractivity contribution in [1.29, 1.82) is 0 Å². The molecule has 1 unspecified atom stereocenters. The average molecular weight is 251 g/mol. The van der Waals surface area contributed by atoms with Crippen molar-refractivity contribution in [2.24, 2.45) is 11.7 Å². The molecule has 1 heterocycles. The molecular weight excluding hydrogens is 230 g/mol. The SMILES string of the molecule is COC(=O)c1cccnc1NC(CN)CC(C)C. The van der Waals surface area contributed by atoms with Crippen molar-refractivity contribution >= 4 is 11.8 Å². The monoisotopic (exact) mass is 251 g/mol. The molecule has 100 valence electrons. The molecule has 0 radical (unpaired) electrons. The molecule has 0 saturated carbocycles. The van der Waals surface area contributed by atoms with Crippen molar-refractivity contribution in [3.05, 3.63) is 23.9 Å². The van der Waals surface area contributed by atoms with E-state index in [1.54, 1.807) is 18.3 Å². The van der Waals surface area contributed by atoms with E-state index in [4.69, 9.17) is 10.5 Å². The summed E-state index contributed by atoms with van der Waals surface area (Å²) in [7, 11) is 1.35. The maximum atomic E-state index is 11.6. The first kappa shape index (κ1) is 14.4. The number of rotatable bonds is 6. The largest absolute Gasteiger partial charge is 0.465 e. The first-order chi connectivity index (χ1) is 8.58. The van der Waals surface area contributed by atoms with Crippen LogP contribution in [0.25, 0.3) is 0 Å². The molecular formula is C13H21N3O2. The number of hydrogen-bond acceptors (Lipinski definition) is 5. The fraction of sp³-hybridized carbons (Fsp3) is 0.538. The number of carbonyl (C=O) groups is 1. The highest BCUT2D eigenvalue weighted by Crippen LogP contribution is 2.16. The molecule has 18 heavy (non-hydrogen) atoms. The third-order valence-corrected chi connectivity index (χ3v) is 2.59. The third kappa shape index (κ3) is 4.00. The molecule has 0 aromatic carbocycles. The number of hydrogen-bond donors (Lipinski definition) is 2. The summed E-state index contributed by atoms with van der Waals surface area (Å²) in [4.78, 5) is 15.8. The van der Waals surface area contributed by atoms with E-state index in [1.165, 1.54) is 7.11 Å². The van der Waals surface area contributed by atoms with Crippen molar-refractivity contribution < 1.29 is 9.53 Å². The fourth-order valence-corrected chi connectivity index (χ4v) is 1.77. The Labute approximate surface area is 108 Å². The standard InChI is InChI=1S/C13H21N3O2/c1-9(2)7-10(8-14)16-12-11(13(17)18-3)5-4-6-15-12/h4-6,9-10H,7-8,14H2,1-3H3,(H,15,16). The molecule has 1 rings (SSSR count). The number of nitrogens with zero attached hydrogens (tertiary/aromatic N) is 1. The molecule has 1 atom stereocenters. The zero-order valence-corrected chi connectivity index (χ0v) is 11.1. The number of aromatic nitrogens is 1. The van der Waals surface area contributed by atoms with E-state index in [0.717, 1.165) is 6.42 Å². The Hall–Kier alpha value is -1.62. The van der Waals surface area contributed by atoms with Crippen molar-refractivity contribution in [3.8, 4) is 0 Å². The molecule has 0 saturated heterocycles. The number of anilines is 1. The summed E-state index contributed by atoms with van der Waals surface area (Å²) in [6, 6.07) is 3.49. The van der Waals surface area contributed by atoms with Crippen LogP contribution in [0.1, 0.15) is 30.6 Å². The lowest BCUT2D eigenvalue weighted by Gasteiger charge is -2.20. The van der Waals surface area contributed by atoms with E-state index in [0.29, 0.717) is 23.8 Å². The number of carbonyl (C=O) groups excluding carboxylic acids is 1. The van der Waals surface area contributed by atoms with Crippen molar-refractivity contribution in [2.75, 3.05) is 19.0 Å². The number of nitrogens with two attached hydrogens (primary N) is 1. The Morgan fingerprint density at radius 1 is 1.56 bits per heavy atom. The maximum absolute atomic E-state index is 11.6. The molecule has 0 fully saturated rings. The smallest absolute Gasteiger partial charge is 0.341 e. The minimum atomic E-state index is -0.397. The molecule has 5 nitrogen and oxygen atoms in total. The van der Waals surface area contributed by atoms with Crippen molar-refractivity contribution in [3.63, 3.8) is 0 Å². The predicted molar refractivity (Wildman–Crippen MR) is 71.5 cm³/mol. The number of esters is 1. The van der Waals surface area contributed by atoms with Gasteiger partial charge in [-0.15, -0.1) is 0 Å². The van der Waals surface area contributed by atoms with Crippen LogP contribution in [-0.4, -0.2) is 30.6 Å². The predicted octanol–water partition coefficient (Wildman–Crippen LogP) is 1.65. The van der Waals surface area contributed by atoms with Gasteiger partial charge >= 0.3 is 5.97 Å². The van der Waals surface area contributed by atoms with Gasteiger partial charge < -0.3 is 15.8 Å². The summed E-state index contributed by atoms with van der Waals surface area (Å²) in [6.45, 7) is 4.75. The van der Waals surface area contributed by atoms with Gasteiger partial charge in [-0.3, -0.25) is 0 Å². The molecule has 0 aliphatic heterocycles. The van der Waals surface area contributed by atoms with Gasteiger partial charge in [0.15, 0.2) is 0 Å². The van der Waals surface area contributed by atoms with Gasteiger partial charge in [0.25, 0.3) is 0 Å². The summed E-state index contributed by atoms with van der Waals surface area (Å²) in [5, 5.41) is 3.21. The van der Waals surface area contributed by atoms with Gasteiger partial charge in [0.1, 0.15) is 11.4 Å². The molecule has 3 N–H and O–H groups in total. The van der Waals surface area contributed by atoms with Gasteiger partial charge in [-0.2, -0.15) is 0 Å². The second-order valence-corrected chi connectivity index (χ2v) is 4.60. The van der Waals surface area contributed by atoms with E-state index < -0.39 is 5.97 Å². The lowest BCUT2D eigenvalue weighted by atomic mass is 10.0. The van der Waals surface area contributed by atoms with E-state index in [2.05, 4.69) is 24.1 Å². The third-order valence-electron chi connectivity index (χ3n) is 2.59. The molecule has 0 bridgehead atoms. The summed E-state index contributed by atoms with van der Waals surface area (Å²) in [5.41, 5.74) is 6.15. The van der Waals surface area contributed by atoms with E-state index in [9.17, 15) is 4.79 Å². The van der Waals surface area contributed by atoms with Gasteiger partial charge in [0, 0.05) is 18.8 Å². The van der Waals surface area contributed by atoms with E-state index in [1.807, 2.05) is 0 Å². The van der Waals surface area contributed by atoms with E-state index >= 15 is 0 Å². The molecule has 1 aromatic rings. The van der Waals surface area contributed by atoms with Crippen molar-refractivity contribution in [2.45, 2.75) is 26.3 Å². The highest BCUT2D eigenvalue weighted by atomic mass is 16.5. The maximum Gasteiger partial charge on any atom is 0.341 e. The zero-order valence-electron chi connectivity index (χ0n) is 11.1. The topological polar surface area (TPSA) is 77.2 Å². The van der Waals surface area contributed by atoms with Crippen LogP contribution in [0.2, 0.25) is 0 Å². The molecule has 0 aliphatic rings. The van der Waals surface area contributed by atoms with E-state index in [-0.39, 0.29) is 6.04 Å². The molecule has 1 aromatic heterocycles. The second-order valence-electron chi connectivity index (χ2n) is 4.60. The zero-order chi connectivity index (χ0) is 13.5. The van der Waals surface area contributed by atoms with Gasteiger partial charge in [-0.25, -0.2) is 9.78 Å². The van der Waals surface area contributed by atoms with Crippen LogP contribution in [-0.2, 0) is 4.74 Å². The number of pyridine rings is 1. The van der Waals surface area contributed by atoms with Crippen LogP contribution >= 0.6 is 0 Å². The Bertz CT molecular complexity index is 394. The van der Waals surface area contributed by atoms with Crippen LogP contribution in [0.4, 0.5) is 5.82 Å². The highest BCUT2D eigenvalue weighted by molar-refractivity contribution is 5.94. The number of ether oxygens (including phenoxy) is 1. The van der Waals surface area contributed by atoms with Crippen LogP contribution in [0.15, 0.2) is 18.3 Å². The Morgan fingerprint density at radius 2 is 2.28 bits per heavy atom. The quantitative estimate of drug-likeness (QED) is 0.752. The Kier molecular flexibility index (Phi) is 5.58. The van der Waals surface area contributed by atoms with Crippen molar-refractivity contribution in [1.82, 2.24) is 4.98 Å². The summed E-state index contributed by atoms with van der Waals surface area (Å²) in [6.07, 6.45) is 2.56. The van der Waals surface area contributed by atoms with Gasteiger partial charge in [-0.05, 0) is 24.5 Å². The Morgan fingerprint density at radius 3 is 2.83 bits per heavy atom. The van der Waals surface area contributed by atoms with Gasteiger partial charge in [0.2, 0.25) is 0 Å².